The minimum Gasteiger partial charge on any atom is -0.489 e. The predicted octanol–water partition coefficient (Wildman–Crippen LogP) is 3.52. The van der Waals surface area contributed by atoms with Crippen LogP contribution in [-0.4, -0.2) is 17.8 Å². The number of halogens is 3. The van der Waals surface area contributed by atoms with Gasteiger partial charge < -0.3 is 9.84 Å². The van der Waals surface area contributed by atoms with E-state index in [-0.39, 0.29) is 6.61 Å². The lowest BCUT2D eigenvalue weighted by Crippen LogP contribution is -2.12. The number of hydrogen-bond donors (Lipinski definition) is 1. The molecule has 1 aromatic rings. The number of benzene rings is 1. The van der Waals surface area contributed by atoms with Gasteiger partial charge in [-0.05, 0) is 28.9 Å². The highest BCUT2D eigenvalue weighted by atomic mass is 79.9. The third-order valence-corrected chi connectivity index (χ3v) is 2.95. The maximum absolute atomic E-state index is 9.02. The number of ether oxygens (including phenoxy) is 1. The zero-order chi connectivity index (χ0) is 10.7. The monoisotopic (exact) mass is 298 g/mol. The first-order valence-corrected chi connectivity index (χ1v) is 5.51. The van der Waals surface area contributed by atoms with Crippen LogP contribution in [-0.2, 0) is 0 Å². The molecule has 0 unspecified atom stereocenters. The lowest BCUT2D eigenvalue weighted by atomic mass is 10.3. The van der Waals surface area contributed by atoms with Crippen molar-refractivity contribution in [3.05, 3.63) is 26.7 Å². The highest BCUT2D eigenvalue weighted by molar-refractivity contribution is 9.10. The van der Waals surface area contributed by atoms with Crippen LogP contribution in [0.1, 0.15) is 6.92 Å². The van der Waals surface area contributed by atoms with E-state index in [1.54, 1.807) is 19.1 Å². The van der Waals surface area contributed by atoms with Crippen molar-refractivity contribution in [2.24, 2.45) is 0 Å². The van der Waals surface area contributed by atoms with Gasteiger partial charge in [0.2, 0.25) is 0 Å². The van der Waals surface area contributed by atoms with Crippen LogP contribution in [0.5, 0.6) is 5.75 Å². The van der Waals surface area contributed by atoms with Gasteiger partial charge in [0.1, 0.15) is 12.4 Å². The normalized spacial score (nSPS) is 12.6. The maximum atomic E-state index is 9.02. The SMILES string of the molecule is C[C@@H](O)COc1cc(Cl)c(Br)cc1Cl. The number of rotatable bonds is 3. The van der Waals surface area contributed by atoms with Crippen LogP contribution in [0, 0.1) is 0 Å². The van der Waals surface area contributed by atoms with Crippen molar-refractivity contribution in [1.82, 2.24) is 0 Å². The van der Waals surface area contributed by atoms with Gasteiger partial charge in [-0.2, -0.15) is 0 Å². The van der Waals surface area contributed by atoms with Crippen LogP contribution in [0.4, 0.5) is 0 Å². The standard InChI is InChI=1S/C9H9BrCl2O2/c1-5(13)4-14-9-3-7(11)6(10)2-8(9)12/h2-3,5,13H,4H2,1H3/t5-/m1/s1. The van der Waals surface area contributed by atoms with Crippen LogP contribution in [0.15, 0.2) is 16.6 Å². The van der Waals surface area contributed by atoms with Gasteiger partial charge in [0.05, 0.1) is 16.1 Å². The van der Waals surface area contributed by atoms with E-state index in [9.17, 15) is 0 Å². The van der Waals surface area contributed by atoms with Crippen molar-refractivity contribution in [3.63, 3.8) is 0 Å². The molecule has 0 spiro atoms. The van der Waals surface area contributed by atoms with E-state index in [1.807, 2.05) is 0 Å². The van der Waals surface area contributed by atoms with E-state index in [4.69, 9.17) is 33.0 Å². The summed E-state index contributed by atoms with van der Waals surface area (Å²) in [5.74, 6) is 0.473. The second-order valence-electron chi connectivity index (χ2n) is 2.86. The molecule has 0 aromatic heterocycles. The summed E-state index contributed by atoms with van der Waals surface area (Å²) in [6, 6.07) is 3.26. The maximum Gasteiger partial charge on any atom is 0.139 e. The van der Waals surface area contributed by atoms with Crippen LogP contribution < -0.4 is 4.74 Å². The van der Waals surface area contributed by atoms with Gasteiger partial charge in [0.25, 0.3) is 0 Å². The third kappa shape index (κ3) is 3.31. The fraction of sp³-hybridized carbons (Fsp3) is 0.333. The zero-order valence-corrected chi connectivity index (χ0v) is 10.5. The van der Waals surface area contributed by atoms with Gasteiger partial charge in [-0.25, -0.2) is 0 Å². The van der Waals surface area contributed by atoms with Crippen molar-refractivity contribution in [2.45, 2.75) is 13.0 Å². The van der Waals surface area contributed by atoms with E-state index < -0.39 is 6.10 Å². The van der Waals surface area contributed by atoms with E-state index in [2.05, 4.69) is 15.9 Å². The fourth-order valence-corrected chi connectivity index (χ4v) is 1.67. The summed E-state index contributed by atoms with van der Waals surface area (Å²) in [6.45, 7) is 1.83. The Morgan fingerprint density at radius 2 is 2.07 bits per heavy atom. The molecule has 0 aliphatic rings. The quantitative estimate of drug-likeness (QED) is 0.866. The molecule has 0 aliphatic carbocycles. The molecular formula is C9H9BrCl2O2. The van der Waals surface area contributed by atoms with Crippen molar-refractivity contribution >= 4 is 39.1 Å². The molecule has 1 aromatic carbocycles. The zero-order valence-electron chi connectivity index (χ0n) is 7.43. The van der Waals surface area contributed by atoms with Gasteiger partial charge in [0, 0.05) is 10.5 Å². The Morgan fingerprint density at radius 3 is 2.64 bits per heavy atom. The van der Waals surface area contributed by atoms with E-state index in [0.717, 1.165) is 0 Å². The first-order valence-electron chi connectivity index (χ1n) is 3.96. The van der Waals surface area contributed by atoms with Crippen LogP contribution in [0.25, 0.3) is 0 Å². The summed E-state index contributed by atoms with van der Waals surface area (Å²) in [5.41, 5.74) is 0. The summed E-state index contributed by atoms with van der Waals surface area (Å²) in [5, 5.41) is 10.0. The van der Waals surface area contributed by atoms with Crippen LogP contribution in [0.2, 0.25) is 10.0 Å². The molecule has 0 amide bonds. The summed E-state index contributed by atoms with van der Waals surface area (Å²) >= 11 is 15.0. The molecule has 0 aliphatic heterocycles. The Bertz CT molecular complexity index is 329. The predicted molar refractivity (Wildman–Crippen MR) is 61.3 cm³/mol. The van der Waals surface area contributed by atoms with E-state index in [0.29, 0.717) is 20.3 Å². The van der Waals surface area contributed by atoms with Crippen molar-refractivity contribution < 1.29 is 9.84 Å². The second-order valence-corrected chi connectivity index (χ2v) is 4.53. The number of hydrogen-bond acceptors (Lipinski definition) is 2. The summed E-state index contributed by atoms with van der Waals surface area (Å²) in [7, 11) is 0. The fourth-order valence-electron chi connectivity index (χ4n) is 0.825. The Balaban J connectivity index is 2.82. The van der Waals surface area contributed by atoms with E-state index >= 15 is 0 Å². The first kappa shape index (κ1) is 12.1. The molecule has 1 N–H and O–H groups in total. The molecule has 0 saturated carbocycles. The molecule has 0 radical (unpaired) electrons. The highest BCUT2D eigenvalue weighted by Gasteiger charge is 2.07. The molecule has 78 valence electrons. The Labute approximate surface area is 101 Å². The van der Waals surface area contributed by atoms with Crippen LogP contribution >= 0.6 is 39.1 Å². The lowest BCUT2D eigenvalue weighted by molar-refractivity contribution is 0.123. The molecule has 1 atom stereocenters. The van der Waals surface area contributed by atoms with Crippen LogP contribution in [0.3, 0.4) is 0 Å². The van der Waals surface area contributed by atoms with Gasteiger partial charge >= 0.3 is 0 Å². The van der Waals surface area contributed by atoms with E-state index in [1.165, 1.54) is 0 Å². The Morgan fingerprint density at radius 1 is 1.43 bits per heavy atom. The van der Waals surface area contributed by atoms with Crippen molar-refractivity contribution in [1.29, 1.82) is 0 Å². The minimum atomic E-state index is -0.534. The molecule has 0 heterocycles. The second kappa shape index (κ2) is 5.21. The Hall–Kier alpha value is 0.0400. The Kier molecular flexibility index (Phi) is 4.51. The summed E-state index contributed by atoms with van der Waals surface area (Å²) in [6.07, 6.45) is -0.534. The third-order valence-electron chi connectivity index (χ3n) is 1.45. The summed E-state index contributed by atoms with van der Waals surface area (Å²) < 4.78 is 5.96. The molecule has 2 nitrogen and oxygen atoms in total. The topological polar surface area (TPSA) is 29.5 Å². The minimum absolute atomic E-state index is 0.192. The largest absolute Gasteiger partial charge is 0.489 e. The highest BCUT2D eigenvalue weighted by Crippen LogP contribution is 2.34. The average molecular weight is 300 g/mol. The molecule has 5 heteroatoms. The molecule has 14 heavy (non-hydrogen) atoms. The molecule has 1 rings (SSSR count). The molecule has 0 bridgehead atoms. The number of aliphatic hydroxyl groups excluding tert-OH is 1. The van der Waals surface area contributed by atoms with Gasteiger partial charge in [-0.15, -0.1) is 0 Å². The molecule has 0 fully saturated rings. The smallest absolute Gasteiger partial charge is 0.139 e. The van der Waals surface area contributed by atoms with Gasteiger partial charge in [0.15, 0.2) is 0 Å². The number of aliphatic hydroxyl groups is 1. The van der Waals surface area contributed by atoms with Gasteiger partial charge in [-0.3, -0.25) is 0 Å². The van der Waals surface area contributed by atoms with Crippen molar-refractivity contribution in [3.8, 4) is 5.75 Å². The molecule has 0 saturated heterocycles. The summed E-state index contributed by atoms with van der Waals surface area (Å²) in [4.78, 5) is 0. The van der Waals surface area contributed by atoms with Gasteiger partial charge in [-0.1, -0.05) is 23.2 Å². The van der Waals surface area contributed by atoms with Crippen molar-refractivity contribution in [2.75, 3.05) is 6.61 Å². The first-order chi connectivity index (χ1) is 6.50. The lowest BCUT2D eigenvalue weighted by Gasteiger charge is -2.10. The average Bonchev–Trinajstić information content (AvgIpc) is 2.09. The molecular weight excluding hydrogens is 291 g/mol.